The van der Waals surface area contributed by atoms with Crippen molar-refractivity contribution in [1.29, 1.82) is 0 Å². The van der Waals surface area contributed by atoms with Crippen LogP contribution in [0.3, 0.4) is 0 Å². The molecule has 0 saturated carbocycles. The summed E-state index contributed by atoms with van der Waals surface area (Å²) in [6.45, 7) is 3.32. The molecule has 5 nitrogen and oxygen atoms in total. The van der Waals surface area contributed by atoms with Crippen LogP contribution in [0.5, 0.6) is 0 Å². The van der Waals surface area contributed by atoms with Gasteiger partial charge in [0.15, 0.2) is 0 Å². The molecule has 2 aliphatic rings. The molecule has 2 aromatic rings. The summed E-state index contributed by atoms with van der Waals surface area (Å²) in [5.74, 6) is -0.0606. The van der Waals surface area contributed by atoms with Crippen molar-refractivity contribution in [3.63, 3.8) is 0 Å². The largest absolute Gasteiger partial charge is 0.322 e. The van der Waals surface area contributed by atoms with Gasteiger partial charge in [-0.05, 0) is 67.7 Å². The molecule has 0 aliphatic carbocycles. The summed E-state index contributed by atoms with van der Waals surface area (Å²) in [6.07, 6.45) is 6.52. The predicted molar refractivity (Wildman–Crippen MR) is 116 cm³/mol. The normalized spacial score (nSPS) is 17.6. The Bertz CT molecular complexity index is 883. The monoisotopic (exact) mass is 391 g/mol. The van der Waals surface area contributed by atoms with Gasteiger partial charge < -0.3 is 10.2 Å². The van der Waals surface area contributed by atoms with Gasteiger partial charge in [-0.25, -0.2) is 0 Å². The number of rotatable bonds is 4. The highest BCUT2D eigenvalue weighted by molar-refractivity contribution is 6.06. The maximum absolute atomic E-state index is 12.7. The maximum atomic E-state index is 12.7. The molecule has 29 heavy (non-hydrogen) atoms. The maximum Gasteiger partial charge on any atom is 0.255 e. The number of hydrogen-bond donors (Lipinski definition) is 1. The van der Waals surface area contributed by atoms with Gasteiger partial charge in [0.25, 0.3) is 5.91 Å². The van der Waals surface area contributed by atoms with E-state index in [1.54, 1.807) is 11.9 Å². The number of nitrogens with one attached hydrogen (secondary N) is 1. The Hall–Kier alpha value is -2.66. The fourth-order valence-corrected chi connectivity index (χ4v) is 4.22. The molecule has 1 fully saturated rings. The van der Waals surface area contributed by atoms with E-state index in [1.165, 1.54) is 44.3 Å². The van der Waals surface area contributed by atoms with Gasteiger partial charge in [0.2, 0.25) is 5.91 Å². The first kappa shape index (κ1) is 19.6. The van der Waals surface area contributed by atoms with Crippen molar-refractivity contribution in [2.24, 2.45) is 0 Å². The molecule has 0 aromatic heterocycles. The summed E-state index contributed by atoms with van der Waals surface area (Å²) in [4.78, 5) is 28.8. The van der Waals surface area contributed by atoms with E-state index in [-0.39, 0.29) is 11.8 Å². The van der Waals surface area contributed by atoms with Crippen molar-refractivity contribution in [1.82, 2.24) is 4.90 Å². The number of carbonyl (C=O) groups excluding carboxylic acids is 2. The quantitative estimate of drug-likeness (QED) is 0.849. The molecular formula is C24H29N3O2. The molecule has 0 unspecified atom stereocenters. The number of carbonyl (C=O) groups is 2. The number of likely N-dealkylation sites (tertiary alicyclic amines) is 1. The first-order chi connectivity index (χ1) is 14.1. The average Bonchev–Trinajstić information content (AvgIpc) is 3.01. The summed E-state index contributed by atoms with van der Waals surface area (Å²) in [5.41, 5.74) is 4.58. The van der Waals surface area contributed by atoms with Gasteiger partial charge in [0.05, 0.1) is 0 Å². The highest BCUT2D eigenvalue weighted by Gasteiger charge is 2.22. The van der Waals surface area contributed by atoms with Crippen LogP contribution in [0.25, 0.3) is 0 Å². The molecular weight excluding hydrogens is 362 g/mol. The minimum Gasteiger partial charge on any atom is -0.322 e. The van der Waals surface area contributed by atoms with Crippen LogP contribution >= 0.6 is 0 Å². The molecule has 0 radical (unpaired) electrons. The molecule has 2 aromatic carbocycles. The van der Waals surface area contributed by atoms with E-state index < -0.39 is 0 Å². The summed E-state index contributed by atoms with van der Waals surface area (Å²) in [5, 5.41) is 2.98. The zero-order chi connectivity index (χ0) is 20.2. The van der Waals surface area contributed by atoms with Crippen LogP contribution in [0, 0.1) is 0 Å². The number of amides is 2. The second-order valence-corrected chi connectivity index (χ2v) is 8.14. The third-order valence-corrected chi connectivity index (χ3v) is 6.01. The van der Waals surface area contributed by atoms with Crippen molar-refractivity contribution in [2.75, 3.05) is 30.4 Å². The van der Waals surface area contributed by atoms with Crippen LogP contribution in [0.15, 0.2) is 42.5 Å². The standard InChI is InChI=1S/C24H29N3O2/c1-26-22-16-20(9-8-19(22)10-13-23(26)28)24(29)25-21-11-6-18(7-12-21)17-27-14-4-2-3-5-15-27/h6-9,11-12,16H,2-5,10,13-15,17H2,1H3,(H,25,29). The molecule has 0 bridgehead atoms. The van der Waals surface area contributed by atoms with Crippen LogP contribution in [-0.2, 0) is 17.8 Å². The molecule has 1 N–H and O–H groups in total. The predicted octanol–water partition coefficient (Wildman–Crippen LogP) is 4.22. The Balaban J connectivity index is 1.40. The van der Waals surface area contributed by atoms with Gasteiger partial charge in [0, 0.05) is 37.0 Å². The van der Waals surface area contributed by atoms with E-state index in [0.29, 0.717) is 12.0 Å². The lowest BCUT2D eigenvalue weighted by Crippen LogP contribution is -2.31. The average molecular weight is 392 g/mol. The molecule has 5 heteroatoms. The third-order valence-electron chi connectivity index (χ3n) is 6.01. The highest BCUT2D eigenvalue weighted by atomic mass is 16.2. The van der Waals surface area contributed by atoms with Gasteiger partial charge in [-0.15, -0.1) is 0 Å². The number of aryl methyl sites for hydroxylation is 1. The van der Waals surface area contributed by atoms with Crippen molar-refractivity contribution >= 4 is 23.2 Å². The first-order valence-electron chi connectivity index (χ1n) is 10.6. The van der Waals surface area contributed by atoms with E-state index in [1.807, 2.05) is 30.3 Å². The van der Waals surface area contributed by atoms with Gasteiger partial charge in [-0.2, -0.15) is 0 Å². The van der Waals surface area contributed by atoms with Gasteiger partial charge in [0.1, 0.15) is 0 Å². The minimum absolute atomic E-state index is 0.0926. The molecule has 2 heterocycles. The van der Waals surface area contributed by atoms with Crippen LogP contribution in [0.2, 0.25) is 0 Å². The second-order valence-electron chi connectivity index (χ2n) is 8.14. The zero-order valence-electron chi connectivity index (χ0n) is 17.1. The van der Waals surface area contributed by atoms with Crippen molar-refractivity contribution in [3.05, 3.63) is 59.2 Å². The Labute approximate surface area is 172 Å². The van der Waals surface area contributed by atoms with E-state index in [0.717, 1.165) is 29.9 Å². The topological polar surface area (TPSA) is 52.7 Å². The van der Waals surface area contributed by atoms with Crippen molar-refractivity contribution < 1.29 is 9.59 Å². The van der Waals surface area contributed by atoms with Gasteiger partial charge in [-0.3, -0.25) is 14.5 Å². The Morgan fingerprint density at radius 3 is 2.41 bits per heavy atom. The minimum atomic E-state index is -0.153. The van der Waals surface area contributed by atoms with E-state index >= 15 is 0 Å². The third kappa shape index (κ3) is 4.67. The lowest BCUT2D eigenvalue weighted by molar-refractivity contribution is -0.118. The summed E-state index contributed by atoms with van der Waals surface area (Å²) in [7, 11) is 1.77. The fourth-order valence-electron chi connectivity index (χ4n) is 4.22. The molecule has 4 rings (SSSR count). The van der Waals surface area contributed by atoms with Crippen LogP contribution in [-0.4, -0.2) is 36.9 Å². The summed E-state index contributed by atoms with van der Waals surface area (Å²) in [6, 6.07) is 13.7. The Kier molecular flexibility index (Phi) is 5.95. The summed E-state index contributed by atoms with van der Waals surface area (Å²) >= 11 is 0. The van der Waals surface area contributed by atoms with E-state index in [9.17, 15) is 9.59 Å². The highest BCUT2D eigenvalue weighted by Crippen LogP contribution is 2.28. The molecule has 1 saturated heterocycles. The second kappa shape index (κ2) is 8.78. The van der Waals surface area contributed by atoms with Gasteiger partial charge >= 0.3 is 0 Å². The van der Waals surface area contributed by atoms with Gasteiger partial charge in [-0.1, -0.05) is 31.0 Å². The number of anilines is 2. The van der Waals surface area contributed by atoms with E-state index in [4.69, 9.17) is 0 Å². The van der Waals surface area contributed by atoms with Crippen LogP contribution in [0.4, 0.5) is 11.4 Å². The van der Waals surface area contributed by atoms with E-state index in [2.05, 4.69) is 22.3 Å². The number of nitrogens with zero attached hydrogens (tertiary/aromatic N) is 2. The number of hydrogen-bond acceptors (Lipinski definition) is 3. The van der Waals surface area contributed by atoms with Crippen molar-refractivity contribution in [3.8, 4) is 0 Å². The molecule has 0 atom stereocenters. The molecule has 152 valence electrons. The lowest BCUT2D eigenvalue weighted by Gasteiger charge is -2.26. The molecule has 0 spiro atoms. The zero-order valence-corrected chi connectivity index (χ0v) is 17.1. The van der Waals surface area contributed by atoms with Crippen LogP contribution < -0.4 is 10.2 Å². The SMILES string of the molecule is CN1C(=O)CCc2ccc(C(=O)Nc3ccc(CN4CCCCCC4)cc3)cc21. The number of fused-ring (bicyclic) bond motifs is 1. The Morgan fingerprint density at radius 1 is 0.966 bits per heavy atom. The summed E-state index contributed by atoms with van der Waals surface area (Å²) < 4.78 is 0. The van der Waals surface area contributed by atoms with Crippen LogP contribution in [0.1, 0.15) is 53.6 Å². The molecule has 2 aliphatic heterocycles. The number of benzene rings is 2. The Morgan fingerprint density at radius 2 is 1.69 bits per heavy atom. The first-order valence-corrected chi connectivity index (χ1v) is 10.6. The van der Waals surface area contributed by atoms with Crippen molar-refractivity contribution in [2.45, 2.75) is 45.1 Å². The molecule has 2 amide bonds. The lowest BCUT2D eigenvalue weighted by atomic mass is 9.99. The smallest absolute Gasteiger partial charge is 0.255 e. The fraction of sp³-hybridized carbons (Fsp3) is 0.417.